The van der Waals surface area contributed by atoms with Crippen molar-refractivity contribution < 1.29 is 0 Å². The minimum Gasteiger partial charge on any atom is -0.196 e. The first kappa shape index (κ1) is 9.76. The van der Waals surface area contributed by atoms with E-state index in [1.165, 1.54) is 0 Å². The van der Waals surface area contributed by atoms with Crippen molar-refractivity contribution in [1.29, 1.82) is 5.26 Å². The van der Waals surface area contributed by atoms with E-state index in [9.17, 15) is 0 Å². The van der Waals surface area contributed by atoms with E-state index in [0.717, 1.165) is 5.56 Å². The van der Waals surface area contributed by atoms with Gasteiger partial charge in [0.1, 0.15) is 4.32 Å². The number of alkyl halides is 2. The van der Waals surface area contributed by atoms with Gasteiger partial charge in [-0.15, -0.1) is 0 Å². The molecule has 1 aromatic rings. The highest BCUT2D eigenvalue weighted by Crippen LogP contribution is 2.32. The molecule has 1 rings (SSSR count). The zero-order valence-electron chi connectivity index (χ0n) is 6.30. The van der Waals surface area contributed by atoms with Crippen molar-refractivity contribution in [2.24, 2.45) is 0 Å². The second kappa shape index (κ2) is 4.06. The Morgan fingerprint density at radius 2 is 1.92 bits per heavy atom. The maximum Gasteiger partial charge on any atom is 0.146 e. The molecule has 0 amide bonds. The van der Waals surface area contributed by atoms with Crippen LogP contribution in [0, 0.1) is 11.3 Å². The van der Waals surface area contributed by atoms with Gasteiger partial charge < -0.3 is 0 Å². The molecule has 0 spiro atoms. The molecule has 1 nitrogen and oxygen atoms in total. The molecule has 0 aliphatic rings. The molecule has 0 saturated heterocycles. The molecule has 1 unspecified atom stereocenters. The molecular weight excluding hydrogens is 282 g/mol. The summed E-state index contributed by atoms with van der Waals surface area (Å²) in [5.41, 5.74) is 0.976. The number of rotatable bonds is 2. The van der Waals surface area contributed by atoms with Crippen LogP contribution in [0.2, 0.25) is 0 Å². The van der Waals surface area contributed by atoms with E-state index in [1.54, 1.807) is 0 Å². The Hall–Kier alpha value is -0.330. The Balaban J connectivity index is 3.06. The number of nitrogens with zero attached hydrogens (tertiary/aromatic N) is 1. The summed E-state index contributed by atoms with van der Waals surface area (Å²) >= 11 is 6.68. The fourth-order valence-corrected chi connectivity index (χ4v) is 1.59. The minimum absolute atomic E-state index is 0.584. The monoisotopic (exact) mass is 287 g/mol. The fraction of sp³-hybridized carbons (Fsp3) is 0.222. The molecule has 12 heavy (non-hydrogen) atoms. The molecule has 3 heteroatoms. The third-order valence-electron chi connectivity index (χ3n) is 1.59. The number of hydrogen-bond acceptors (Lipinski definition) is 1. The maximum absolute atomic E-state index is 8.91. The smallest absolute Gasteiger partial charge is 0.146 e. The molecule has 0 aromatic heterocycles. The first-order valence-electron chi connectivity index (χ1n) is 3.44. The first-order valence-corrected chi connectivity index (χ1v) is 5.36. The molecule has 62 valence electrons. The SMILES string of the molecule is N#CC(Br)(CBr)c1ccccc1. The summed E-state index contributed by atoms with van der Waals surface area (Å²) in [6.45, 7) is 0. The van der Waals surface area contributed by atoms with Crippen molar-refractivity contribution in [1.82, 2.24) is 0 Å². The van der Waals surface area contributed by atoms with E-state index in [1.807, 2.05) is 30.3 Å². The molecule has 0 aliphatic heterocycles. The number of nitriles is 1. The lowest BCUT2D eigenvalue weighted by Gasteiger charge is -2.15. The normalized spacial score (nSPS) is 14.8. The van der Waals surface area contributed by atoms with Gasteiger partial charge in [0.05, 0.1) is 6.07 Å². The summed E-state index contributed by atoms with van der Waals surface area (Å²) in [5.74, 6) is 0. The van der Waals surface area contributed by atoms with Gasteiger partial charge >= 0.3 is 0 Å². The van der Waals surface area contributed by atoms with Crippen LogP contribution in [0.1, 0.15) is 5.56 Å². The molecule has 0 saturated carbocycles. The number of hydrogen-bond donors (Lipinski definition) is 0. The van der Waals surface area contributed by atoms with Crippen LogP contribution in [0.5, 0.6) is 0 Å². The molecule has 0 bridgehead atoms. The van der Waals surface area contributed by atoms with Crippen LogP contribution in [0.15, 0.2) is 30.3 Å². The van der Waals surface area contributed by atoms with E-state index in [2.05, 4.69) is 37.9 Å². The Bertz CT molecular complexity index is 291. The second-order valence-corrected chi connectivity index (χ2v) is 4.33. The van der Waals surface area contributed by atoms with Crippen molar-refractivity contribution >= 4 is 31.9 Å². The zero-order valence-corrected chi connectivity index (χ0v) is 9.47. The van der Waals surface area contributed by atoms with Gasteiger partial charge in [-0.25, -0.2) is 0 Å². The molecule has 0 heterocycles. The van der Waals surface area contributed by atoms with Gasteiger partial charge in [-0.2, -0.15) is 5.26 Å². The molecule has 1 aromatic carbocycles. The van der Waals surface area contributed by atoms with Crippen LogP contribution in [-0.4, -0.2) is 5.33 Å². The van der Waals surface area contributed by atoms with Crippen molar-refractivity contribution in [2.45, 2.75) is 4.32 Å². The Morgan fingerprint density at radius 1 is 1.33 bits per heavy atom. The molecule has 0 fully saturated rings. The van der Waals surface area contributed by atoms with Crippen molar-refractivity contribution in [3.05, 3.63) is 35.9 Å². The summed E-state index contributed by atoms with van der Waals surface area (Å²) in [4.78, 5) is 0. The summed E-state index contributed by atoms with van der Waals surface area (Å²) in [6, 6.07) is 11.9. The average Bonchev–Trinajstić information content (AvgIpc) is 2.18. The van der Waals surface area contributed by atoms with Gasteiger partial charge in [-0.1, -0.05) is 62.2 Å². The van der Waals surface area contributed by atoms with Gasteiger partial charge in [-0.05, 0) is 5.56 Å². The van der Waals surface area contributed by atoms with Crippen LogP contribution in [0.4, 0.5) is 0 Å². The summed E-state index contributed by atoms with van der Waals surface area (Å²) in [7, 11) is 0. The Labute approximate surface area is 88.7 Å². The summed E-state index contributed by atoms with van der Waals surface area (Å²) in [5, 5.41) is 9.50. The van der Waals surface area contributed by atoms with Gasteiger partial charge in [-0.3, -0.25) is 0 Å². The van der Waals surface area contributed by atoms with E-state index in [0.29, 0.717) is 5.33 Å². The van der Waals surface area contributed by atoms with Crippen molar-refractivity contribution in [2.75, 3.05) is 5.33 Å². The Morgan fingerprint density at radius 3 is 2.33 bits per heavy atom. The first-order chi connectivity index (χ1) is 5.73. The predicted octanol–water partition coefficient (Wildman–Crippen LogP) is 3.20. The van der Waals surface area contributed by atoms with Crippen LogP contribution < -0.4 is 0 Å². The van der Waals surface area contributed by atoms with Crippen LogP contribution >= 0.6 is 31.9 Å². The van der Waals surface area contributed by atoms with Crippen LogP contribution in [0.3, 0.4) is 0 Å². The molecule has 0 N–H and O–H groups in total. The summed E-state index contributed by atoms with van der Waals surface area (Å²) in [6.07, 6.45) is 0. The van der Waals surface area contributed by atoms with Gasteiger partial charge in [0.25, 0.3) is 0 Å². The predicted molar refractivity (Wildman–Crippen MR) is 56.5 cm³/mol. The van der Waals surface area contributed by atoms with E-state index in [4.69, 9.17) is 5.26 Å². The zero-order chi connectivity index (χ0) is 9.03. The third kappa shape index (κ3) is 1.88. The number of benzene rings is 1. The van der Waals surface area contributed by atoms with Crippen molar-refractivity contribution in [3.8, 4) is 6.07 Å². The van der Waals surface area contributed by atoms with E-state index >= 15 is 0 Å². The second-order valence-electron chi connectivity index (χ2n) is 2.41. The van der Waals surface area contributed by atoms with Gasteiger partial charge in [0.2, 0.25) is 0 Å². The average molecular weight is 289 g/mol. The third-order valence-corrected chi connectivity index (χ3v) is 4.10. The highest BCUT2D eigenvalue weighted by atomic mass is 79.9. The molecular formula is C9H7Br2N. The van der Waals surface area contributed by atoms with Gasteiger partial charge in [0.15, 0.2) is 0 Å². The molecule has 1 atom stereocenters. The quantitative estimate of drug-likeness (QED) is 0.767. The van der Waals surface area contributed by atoms with Gasteiger partial charge in [0, 0.05) is 5.33 Å². The standard InChI is InChI=1S/C9H7Br2N/c10-6-9(11,7-12)8-4-2-1-3-5-8/h1-5H,6H2. The number of halogens is 2. The minimum atomic E-state index is -0.589. The fourth-order valence-electron chi connectivity index (χ4n) is 0.874. The largest absolute Gasteiger partial charge is 0.196 e. The van der Waals surface area contributed by atoms with E-state index < -0.39 is 4.32 Å². The Kier molecular flexibility index (Phi) is 3.30. The molecule has 0 aliphatic carbocycles. The summed E-state index contributed by atoms with van der Waals surface area (Å²) < 4.78 is -0.589. The topological polar surface area (TPSA) is 23.8 Å². The highest BCUT2D eigenvalue weighted by Gasteiger charge is 2.26. The van der Waals surface area contributed by atoms with Crippen molar-refractivity contribution in [3.63, 3.8) is 0 Å². The maximum atomic E-state index is 8.91. The lowest BCUT2D eigenvalue weighted by atomic mass is 10.0. The lowest BCUT2D eigenvalue weighted by Crippen LogP contribution is -2.16. The molecule has 0 radical (unpaired) electrons. The van der Waals surface area contributed by atoms with Crippen LogP contribution in [-0.2, 0) is 4.32 Å². The van der Waals surface area contributed by atoms with Crippen LogP contribution in [0.25, 0.3) is 0 Å². The lowest BCUT2D eigenvalue weighted by molar-refractivity contribution is 0.942. The highest BCUT2D eigenvalue weighted by molar-refractivity contribution is 9.12. The van der Waals surface area contributed by atoms with E-state index in [-0.39, 0.29) is 0 Å².